The van der Waals surface area contributed by atoms with E-state index in [0.29, 0.717) is 12.1 Å². The summed E-state index contributed by atoms with van der Waals surface area (Å²) in [5.41, 5.74) is 8.40. The van der Waals surface area contributed by atoms with Gasteiger partial charge in [-0.15, -0.1) is 0 Å². The van der Waals surface area contributed by atoms with E-state index in [9.17, 15) is 8.42 Å². The average molecular weight is 240 g/mol. The number of hydrogen-bond acceptors (Lipinski definition) is 4. The average Bonchev–Trinajstić information content (AvgIpc) is 2.52. The number of nitrogen functional groups attached to an aromatic ring is 1. The molecular formula is C11H16N2O2S. The second kappa shape index (κ2) is 3.97. The Hall–Kier alpha value is -1.23. The highest BCUT2D eigenvalue weighted by atomic mass is 32.2. The molecule has 0 aliphatic carbocycles. The van der Waals surface area contributed by atoms with Crippen LogP contribution in [-0.4, -0.2) is 26.0 Å². The minimum Gasteiger partial charge on any atom is -0.399 e. The number of nitrogens with two attached hydrogens (primary N) is 1. The lowest BCUT2D eigenvalue weighted by Crippen LogP contribution is -2.21. The molecule has 1 heterocycles. The van der Waals surface area contributed by atoms with E-state index in [4.69, 9.17) is 5.73 Å². The van der Waals surface area contributed by atoms with Crippen molar-refractivity contribution in [1.29, 1.82) is 0 Å². The van der Waals surface area contributed by atoms with Gasteiger partial charge in [0, 0.05) is 17.4 Å². The molecule has 2 rings (SSSR count). The summed E-state index contributed by atoms with van der Waals surface area (Å²) in [4.78, 5) is 0. The fraction of sp³-hybridized carbons (Fsp3) is 0.455. The number of anilines is 2. The van der Waals surface area contributed by atoms with Crippen LogP contribution in [0.15, 0.2) is 18.2 Å². The van der Waals surface area contributed by atoms with Crippen LogP contribution in [0.5, 0.6) is 0 Å². The Morgan fingerprint density at radius 2 is 2.19 bits per heavy atom. The van der Waals surface area contributed by atoms with Crippen LogP contribution < -0.4 is 11.1 Å². The van der Waals surface area contributed by atoms with Gasteiger partial charge in [0.25, 0.3) is 0 Å². The molecule has 0 saturated carbocycles. The van der Waals surface area contributed by atoms with Gasteiger partial charge in [-0.25, -0.2) is 8.42 Å². The third-order valence-electron chi connectivity index (χ3n) is 2.85. The van der Waals surface area contributed by atoms with E-state index in [1.54, 1.807) is 0 Å². The molecule has 4 nitrogen and oxygen atoms in total. The highest BCUT2D eigenvalue weighted by molar-refractivity contribution is 7.91. The van der Waals surface area contributed by atoms with Crippen molar-refractivity contribution >= 4 is 21.2 Å². The Kier molecular flexibility index (Phi) is 2.80. The van der Waals surface area contributed by atoms with Gasteiger partial charge in [-0.1, -0.05) is 6.07 Å². The van der Waals surface area contributed by atoms with Crippen molar-refractivity contribution in [1.82, 2.24) is 0 Å². The molecule has 1 atom stereocenters. The van der Waals surface area contributed by atoms with E-state index in [1.807, 2.05) is 25.1 Å². The second-order valence-electron chi connectivity index (χ2n) is 4.32. The van der Waals surface area contributed by atoms with Gasteiger partial charge >= 0.3 is 0 Å². The van der Waals surface area contributed by atoms with Gasteiger partial charge in [-0.05, 0) is 31.0 Å². The van der Waals surface area contributed by atoms with Crippen LogP contribution in [0.2, 0.25) is 0 Å². The zero-order valence-corrected chi connectivity index (χ0v) is 10.0. The van der Waals surface area contributed by atoms with Gasteiger partial charge in [-0.3, -0.25) is 0 Å². The lowest BCUT2D eigenvalue weighted by Gasteiger charge is -2.15. The van der Waals surface area contributed by atoms with Crippen molar-refractivity contribution in [2.24, 2.45) is 0 Å². The number of hydrogen-bond donors (Lipinski definition) is 2. The monoisotopic (exact) mass is 240 g/mol. The zero-order valence-electron chi connectivity index (χ0n) is 9.23. The fourth-order valence-corrected chi connectivity index (χ4v) is 3.60. The molecule has 1 unspecified atom stereocenters. The van der Waals surface area contributed by atoms with Gasteiger partial charge in [0.05, 0.1) is 11.5 Å². The maximum atomic E-state index is 11.3. The fourth-order valence-electron chi connectivity index (χ4n) is 1.92. The number of aryl methyl sites for hydroxylation is 1. The van der Waals surface area contributed by atoms with Crippen LogP contribution in [0.25, 0.3) is 0 Å². The zero-order chi connectivity index (χ0) is 11.8. The van der Waals surface area contributed by atoms with Crippen molar-refractivity contribution in [2.45, 2.75) is 19.4 Å². The molecule has 0 radical (unpaired) electrons. The molecule has 1 aliphatic heterocycles. The van der Waals surface area contributed by atoms with Crippen LogP contribution in [-0.2, 0) is 9.84 Å². The Labute approximate surface area is 95.8 Å². The normalized spacial score (nSPS) is 23.2. The van der Waals surface area contributed by atoms with E-state index < -0.39 is 9.84 Å². The van der Waals surface area contributed by atoms with E-state index >= 15 is 0 Å². The van der Waals surface area contributed by atoms with Gasteiger partial charge in [0.2, 0.25) is 0 Å². The molecule has 16 heavy (non-hydrogen) atoms. The van der Waals surface area contributed by atoms with E-state index in [-0.39, 0.29) is 17.5 Å². The summed E-state index contributed by atoms with van der Waals surface area (Å²) in [5, 5.41) is 3.25. The molecule has 1 saturated heterocycles. The maximum absolute atomic E-state index is 11.3. The Bertz CT molecular complexity index is 497. The molecule has 0 spiro atoms. The summed E-state index contributed by atoms with van der Waals surface area (Å²) >= 11 is 0. The molecule has 1 aromatic rings. The first-order valence-corrected chi connectivity index (χ1v) is 7.11. The Morgan fingerprint density at radius 3 is 2.81 bits per heavy atom. The first kappa shape index (κ1) is 11.3. The minimum absolute atomic E-state index is 0.0190. The summed E-state index contributed by atoms with van der Waals surface area (Å²) in [7, 11) is -2.83. The predicted molar refractivity (Wildman–Crippen MR) is 66.3 cm³/mol. The molecule has 1 fully saturated rings. The molecular weight excluding hydrogens is 224 g/mol. The topological polar surface area (TPSA) is 72.2 Å². The summed E-state index contributed by atoms with van der Waals surface area (Å²) in [6, 6.07) is 5.64. The Balaban J connectivity index is 2.13. The highest BCUT2D eigenvalue weighted by Crippen LogP contribution is 2.22. The van der Waals surface area contributed by atoms with Crippen LogP contribution in [0.4, 0.5) is 11.4 Å². The highest BCUT2D eigenvalue weighted by Gasteiger charge is 2.27. The minimum atomic E-state index is -2.83. The molecule has 5 heteroatoms. The lowest BCUT2D eigenvalue weighted by atomic mass is 10.1. The van der Waals surface area contributed by atoms with Crippen LogP contribution in [0.1, 0.15) is 12.0 Å². The third-order valence-corrected chi connectivity index (χ3v) is 4.62. The van der Waals surface area contributed by atoms with Gasteiger partial charge in [0.15, 0.2) is 9.84 Å². The maximum Gasteiger partial charge on any atom is 0.152 e. The summed E-state index contributed by atoms with van der Waals surface area (Å²) in [6.07, 6.45) is 0.677. The van der Waals surface area contributed by atoms with Crippen LogP contribution in [0, 0.1) is 6.92 Å². The van der Waals surface area contributed by atoms with Gasteiger partial charge in [0.1, 0.15) is 0 Å². The molecule has 1 aromatic carbocycles. The van der Waals surface area contributed by atoms with Crippen molar-refractivity contribution in [2.75, 3.05) is 22.6 Å². The smallest absolute Gasteiger partial charge is 0.152 e. The van der Waals surface area contributed by atoms with Crippen LogP contribution >= 0.6 is 0 Å². The second-order valence-corrected chi connectivity index (χ2v) is 6.55. The van der Waals surface area contributed by atoms with Gasteiger partial charge in [-0.2, -0.15) is 0 Å². The molecule has 0 amide bonds. The SMILES string of the molecule is Cc1ccc(N)cc1NC1CCS(=O)(=O)C1. The number of nitrogens with one attached hydrogen (secondary N) is 1. The molecule has 3 N–H and O–H groups in total. The van der Waals surface area contributed by atoms with Gasteiger partial charge < -0.3 is 11.1 Å². The third kappa shape index (κ3) is 2.47. The quantitative estimate of drug-likeness (QED) is 0.761. The van der Waals surface area contributed by atoms with Crippen LogP contribution in [0.3, 0.4) is 0 Å². The number of rotatable bonds is 2. The summed E-state index contributed by atoms with van der Waals surface area (Å²) in [5.74, 6) is 0.507. The van der Waals surface area contributed by atoms with Crippen molar-refractivity contribution in [3.63, 3.8) is 0 Å². The first-order chi connectivity index (χ1) is 7.46. The summed E-state index contributed by atoms with van der Waals surface area (Å²) in [6.45, 7) is 1.98. The number of sulfone groups is 1. The number of benzene rings is 1. The van der Waals surface area contributed by atoms with E-state index in [0.717, 1.165) is 11.3 Å². The van der Waals surface area contributed by atoms with Crippen molar-refractivity contribution in [3.8, 4) is 0 Å². The molecule has 88 valence electrons. The summed E-state index contributed by atoms with van der Waals surface area (Å²) < 4.78 is 22.6. The standard InChI is InChI=1S/C11H16N2O2S/c1-8-2-3-9(12)6-11(8)13-10-4-5-16(14,15)7-10/h2-3,6,10,13H,4-5,7,12H2,1H3. The molecule has 0 aromatic heterocycles. The Morgan fingerprint density at radius 1 is 1.44 bits per heavy atom. The first-order valence-electron chi connectivity index (χ1n) is 5.29. The van der Waals surface area contributed by atoms with E-state index in [1.165, 1.54) is 0 Å². The largest absolute Gasteiger partial charge is 0.399 e. The van der Waals surface area contributed by atoms with Crippen molar-refractivity contribution in [3.05, 3.63) is 23.8 Å². The molecule has 1 aliphatic rings. The van der Waals surface area contributed by atoms with Crippen molar-refractivity contribution < 1.29 is 8.42 Å². The molecule has 0 bridgehead atoms. The predicted octanol–water partition coefficient (Wildman–Crippen LogP) is 1.18. The lowest BCUT2D eigenvalue weighted by molar-refractivity contribution is 0.602. The van der Waals surface area contributed by atoms with E-state index in [2.05, 4.69) is 5.32 Å².